The smallest absolute Gasteiger partial charge is 0.331 e. The van der Waals surface area contributed by atoms with Crippen LogP contribution in [-0.2, 0) is 26.1 Å². The summed E-state index contributed by atoms with van der Waals surface area (Å²) in [7, 11) is -3.41. The average molecular weight is 624 g/mol. The van der Waals surface area contributed by atoms with Crippen molar-refractivity contribution < 1.29 is 33.0 Å². The fourth-order valence-electron chi connectivity index (χ4n) is 6.85. The number of aliphatic imine (C=N–C) groups is 2. The lowest BCUT2D eigenvalue weighted by atomic mass is 9.84. The third kappa shape index (κ3) is 3.96. The van der Waals surface area contributed by atoms with Crippen molar-refractivity contribution in [1.29, 1.82) is 0 Å². The molecular formula is C27H29N9O7S. The van der Waals surface area contributed by atoms with Gasteiger partial charge in [0, 0.05) is 17.8 Å². The zero-order valence-electron chi connectivity index (χ0n) is 23.1. The van der Waals surface area contributed by atoms with Crippen LogP contribution in [0.5, 0.6) is 0 Å². The molecule has 5 heterocycles. The first-order chi connectivity index (χ1) is 20.8. The molecule has 4 atom stereocenters. The van der Waals surface area contributed by atoms with Crippen molar-refractivity contribution in [3.8, 4) is 0 Å². The fraction of sp³-hybridized carbons (Fsp3) is 0.370. The second kappa shape index (κ2) is 9.38. The highest BCUT2D eigenvalue weighted by Crippen LogP contribution is 2.45. The Balaban J connectivity index is 1.17. The Kier molecular flexibility index (Phi) is 5.98. The zero-order chi connectivity index (χ0) is 31.2. The fourth-order valence-corrected chi connectivity index (χ4v) is 8.48. The molecule has 8 N–H and O–H groups in total. The summed E-state index contributed by atoms with van der Waals surface area (Å²) >= 11 is 0. The number of hydrogen-bond acceptors (Lipinski definition) is 13. The van der Waals surface area contributed by atoms with Crippen LogP contribution in [0.25, 0.3) is 0 Å². The standard InChI is InChI=1S/C27H29N9O7S/c28-23-32-21-18(9-35-20(37)11-34(25(35)39)15-6-2-1-3-7-15)30-24(29)36-10-19(27(40,41)26(21,36)33-23)31-22(38)16-8-4-5-14-12-44(42,43)13-17(14)16/h1-8,18-19,21,40-41H,9-13H2,(H2,29,30)(H,31,38)(H3,28,32,33)/t18-,19?,21?,26?/m0/s1. The lowest BCUT2D eigenvalue weighted by Crippen LogP contribution is -2.78. The molecule has 7 rings (SSSR count). The quantitative estimate of drug-likeness (QED) is 0.149. The summed E-state index contributed by atoms with van der Waals surface area (Å²) in [4.78, 5) is 52.2. The minimum absolute atomic E-state index is 0.0991. The van der Waals surface area contributed by atoms with Crippen LogP contribution in [0.1, 0.15) is 21.5 Å². The number of benzene rings is 2. The van der Waals surface area contributed by atoms with Crippen LogP contribution in [0, 0.1) is 0 Å². The van der Waals surface area contributed by atoms with Gasteiger partial charge in [0.15, 0.2) is 27.4 Å². The Labute approximate surface area is 250 Å². The van der Waals surface area contributed by atoms with Crippen LogP contribution in [0.4, 0.5) is 10.5 Å². The number of urea groups is 1. The van der Waals surface area contributed by atoms with Gasteiger partial charge in [-0.25, -0.2) is 23.2 Å². The number of fused-ring (bicyclic) bond motifs is 1. The van der Waals surface area contributed by atoms with Gasteiger partial charge >= 0.3 is 6.03 Å². The number of hydrogen-bond donors (Lipinski definition) is 6. The number of para-hydroxylation sites is 1. The normalized spacial score (nSPS) is 29.5. The summed E-state index contributed by atoms with van der Waals surface area (Å²) in [5.41, 5.74) is 12.0. The first-order valence-electron chi connectivity index (χ1n) is 13.8. The third-order valence-electron chi connectivity index (χ3n) is 8.86. The van der Waals surface area contributed by atoms with E-state index in [2.05, 4.69) is 20.6 Å². The molecule has 2 aromatic carbocycles. The molecule has 0 saturated carbocycles. The van der Waals surface area contributed by atoms with Crippen molar-refractivity contribution in [2.45, 2.75) is 41.1 Å². The Hall–Kier alpha value is -4.74. The molecule has 0 radical (unpaired) electrons. The van der Waals surface area contributed by atoms with Crippen molar-refractivity contribution in [3.05, 3.63) is 65.2 Å². The van der Waals surface area contributed by atoms with Gasteiger partial charge in [-0.2, -0.15) is 0 Å². The van der Waals surface area contributed by atoms with E-state index in [4.69, 9.17) is 11.5 Å². The maximum absolute atomic E-state index is 13.4. The molecule has 3 unspecified atom stereocenters. The molecule has 5 aliphatic heterocycles. The molecule has 44 heavy (non-hydrogen) atoms. The van der Waals surface area contributed by atoms with Gasteiger partial charge in [0.05, 0.1) is 24.1 Å². The van der Waals surface area contributed by atoms with Gasteiger partial charge in [-0.15, -0.1) is 0 Å². The second-order valence-corrected chi connectivity index (χ2v) is 13.5. The molecule has 0 bridgehead atoms. The van der Waals surface area contributed by atoms with E-state index in [0.29, 0.717) is 16.8 Å². The Morgan fingerprint density at radius 2 is 1.82 bits per heavy atom. The minimum Gasteiger partial charge on any atom is -0.370 e. The maximum atomic E-state index is 13.4. The van der Waals surface area contributed by atoms with E-state index < -0.39 is 57.3 Å². The van der Waals surface area contributed by atoms with Crippen LogP contribution in [0.3, 0.4) is 0 Å². The van der Waals surface area contributed by atoms with Gasteiger partial charge in [-0.05, 0) is 29.3 Å². The Morgan fingerprint density at radius 3 is 2.57 bits per heavy atom. The number of imide groups is 1. The predicted molar refractivity (Wildman–Crippen MR) is 155 cm³/mol. The highest BCUT2D eigenvalue weighted by atomic mass is 32.2. The third-order valence-corrected chi connectivity index (χ3v) is 10.3. The SMILES string of the molecule is NC1=NC2[C@H](CN3C(=O)CN(c4ccccc4)C3=O)N=C(N)N3CC(NC(=O)c4cccc5c4CS(=O)(=O)C5)C(O)(O)C23N1. The van der Waals surface area contributed by atoms with Gasteiger partial charge in [0.2, 0.25) is 5.79 Å². The molecule has 5 aliphatic rings. The number of guanidine groups is 2. The number of carbonyl (C=O) groups excluding carboxylic acids is 3. The molecule has 0 aliphatic carbocycles. The Morgan fingerprint density at radius 1 is 1.07 bits per heavy atom. The molecule has 4 amide bonds. The van der Waals surface area contributed by atoms with E-state index >= 15 is 0 Å². The van der Waals surface area contributed by atoms with Crippen molar-refractivity contribution in [2.24, 2.45) is 21.5 Å². The van der Waals surface area contributed by atoms with E-state index in [9.17, 15) is 33.0 Å². The van der Waals surface area contributed by atoms with Crippen LogP contribution < -0.4 is 27.0 Å². The molecule has 230 valence electrons. The van der Waals surface area contributed by atoms with Crippen LogP contribution in [0.15, 0.2) is 58.5 Å². The number of rotatable bonds is 5. The van der Waals surface area contributed by atoms with E-state index in [-0.39, 0.29) is 48.6 Å². The molecule has 16 nitrogen and oxygen atoms in total. The number of nitrogens with two attached hydrogens (primary N) is 2. The number of nitrogens with zero attached hydrogens (tertiary/aromatic N) is 5. The summed E-state index contributed by atoms with van der Waals surface area (Å²) in [5.74, 6) is -4.77. The molecular weight excluding hydrogens is 594 g/mol. The van der Waals surface area contributed by atoms with Gasteiger partial charge in [0.25, 0.3) is 11.8 Å². The monoisotopic (exact) mass is 623 g/mol. The molecule has 1 spiro atoms. The van der Waals surface area contributed by atoms with E-state index in [1.807, 2.05) is 0 Å². The highest BCUT2D eigenvalue weighted by molar-refractivity contribution is 7.90. The minimum atomic E-state index is -3.41. The number of amides is 4. The van der Waals surface area contributed by atoms with Gasteiger partial charge in [0.1, 0.15) is 18.6 Å². The van der Waals surface area contributed by atoms with Crippen molar-refractivity contribution in [3.63, 3.8) is 0 Å². The van der Waals surface area contributed by atoms with Crippen molar-refractivity contribution >= 4 is 45.3 Å². The van der Waals surface area contributed by atoms with Crippen LogP contribution >= 0.6 is 0 Å². The number of anilines is 1. The zero-order valence-corrected chi connectivity index (χ0v) is 23.9. The average Bonchev–Trinajstić information content (AvgIpc) is 3.65. The largest absolute Gasteiger partial charge is 0.370 e. The van der Waals surface area contributed by atoms with Crippen LogP contribution in [-0.4, -0.2) is 107 Å². The molecule has 2 aromatic rings. The van der Waals surface area contributed by atoms with Gasteiger partial charge in [-0.3, -0.25) is 19.4 Å². The molecule has 0 aromatic heterocycles. The summed E-state index contributed by atoms with van der Waals surface area (Å²) in [6.07, 6.45) is 0. The van der Waals surface area contributed by atoms with E-state index in [1.165, 1.54) is 15.9 Å². The summed E-state index contributed by atoms with van der Waals surface area (Å²) in [6, 6.07) is 9.20. The number of aliphatic hydroxyl groups is 2. The summed E-state index contributed by atoms with van der Waals surface area (Å²) in [5, 5.41) is 28.9. The van der Waals surface area contributed by atoms with Crippen LogP contribution in [0.2, 0.25) is 0 Å². The lowest BCUT2D eigenvalue weighted by Gasteiger charge is -2.49. The summed E-state index contributed by atoms with van der Waals surface area (Å²) < 4.78 is 24.5. The van der Waals surface area contributed by atoms with E-state index in [0.717, 1.165) is 4.90 Å². The van der Waals surface area contributed by atoms with E-state index in [1.54, 1.807) is 42.5 Å². The highest BCUT2D eigenvalue weighted by Gasteiger charge is 2.73. The molecule has 2 saturated heterocycles. The first kappa shape index (κ1) is 28.1. The van der Waals surface area contributed by atoms with Gasteiger partial charge in [-0.1, -0.05) is 30.3 Å². The number of sulfone groups is 1. The van der Waals surface area contributed by atoms with Crippen molar-refractivity contribution in [2.75, 3.05) is 24.5 Å². The lowest BCUT2D eigenvalue weighted by molar-refractivity contribution is -0.230. The second-order valence-electron chi connectivity index (χ2n) is 11.5. The predicted octanol–water partition coefficient (Wildman–Crippen LogP) is -2.64. The first-order valence-corrected chi connectivity index (χ1v) is 15.6. The number of carbonyl (C=O) groups is 3. The summed E-state index contributed by atoms with van der Waals surface area (Å²) in [6.45, 7) is -0.704. The molecule has 17 heteroatoms. The molecule has 2 fully saturated rings. The Bertz CT molecular complexity index is 1780. The topological polar surface area (TPSA) is 236 Å². The maximum Gasteiger partial charge on any atom is 0.331 e. The number of nitrogens with one attached hydrogen (secondary N) is 2. The van der Waals surface area contributed by atoms with Crippen molar-refractivity contribution in [1.82, 2.24) is 20.4 Å². The van der Waals surface area contributed by atoms with Gasteiger partial charge < -0.3 is 37.2 Å².